The van der Waals surface area contributed by atoms with Crippen LogP contribution < -0.4 is 5.73 Å². The van der Waals surface area contributed by atoms with Gasteiger partial charge in [0.1, 0.15) is 0 Å². The molecule has 0 aromatic carbocycles. The molecule has 1 aliphatic rings. The summed E-state index contributed by atoms with van der Waals surface area (Å²) in [6.07, 6.45) is 2.28. The number of likely N-dealkylation sites (tertiary alicyclic amines) is 1. The van der Waals surface area contributed by atoms with Gasteiger partial charge in [-0.2, -0.15) is 0 Å². The van der Waals surface area contributed by atoms with E-state index in [9.17, 15) is 4.79 Å². The summed E-state index contributed by atoms with van der Waals surface area (Å²) in [7, 11) is 0. The van der Waals surface area contributed by atoms with Crippen LogP contribution >= 0.6 is 0 Å². The summed E-state index contributed by atoms with van der Waals surface area (Å²) in [4.78, 5) is 13.8. The lowest BCUT2D eigenvalue weighted by Crippen LogP contribution is -2.42. The number of carbonyl (C=O) groups is 1. The maximum Gasteiger partial charge on any atom is 0.224 e. The van der Waals surface area contributed by atoms with Crippen molar-refractivity contribution in [3.8, 4) is 0 Å². The van der Waals surface area contributed by atoms with Crippen LogP contribution in [0.1, 0.15) is 33.1 Å². The standard InChI is InChI=1S/C12H24N2O2/c1-9(2)11(13)7-12(16)14-5-3-10(8-15)4-6-14/h9-11,15H,3-8,13H2,1-2H3. The van der Waals surface area contributed by atoms with Crippen LogP contribution in [-0.4, -0.2) is 41.7 Å². The van der Waals surface area contributed by atoms with Gasteiger partial charge < -0.3 is 15.7 Å². The average Bonchev–Trinajstić information content (AvgIpc) is 2.28. The van der Waals surface area contributed by atoms with Gasteiger partial charge in [-0.1, -0.05) is 13.8 Å². The third-order valence-corrected chi connectivity index (χ3v) is 3.49. The molecule has 0 aliphatic carbocycles. The molecule has 1 unspecified atom stereocenters. The van der Waals surface area contributed by atoms with E-state index in [1.54, 1.807) is 0 Å². The molecule has 1 aliphatic heterocycles. The van der Waals surface area contributed by atoms with Crippen LogP contribution in [0.2, 0.25) is 0 Å². The molecule has 3 N–H and O–H groups in total. The van der Waals surface area contributed by atoms with Gasteiger partial charge in [0.25, 0.3) is 0 Å². The van der Waals surface area contributed by atoms with Crippen LogP contribution in [0.3, 0.4) is 0 Å². The Labute approximate surface area is 97.8 Å². The van der Waals surface area contributed by atoms with E-state index in [2.05, 4.69) is 0 Å². The van der Waals surface area contributed by atoms with Crippen molar-refractivity contribution in [3.63, 3.8) is 0 Å². The number of aliphatic hydroxyl groups excluding tert-OH is 1. The molecule has 0 radical (unpaired) electrons. The molecule has 1 fully saturated rings. The topological polar surface area (TPSA) is 66.6 Å². The van der Waals surface area contributed by atoms with Gasteiger partial charge in [0.05, 0.1) is 0 Å². The van der Waals surface area contributed by atoms with Gasteiger partial charge in [-0.25, -0.2) is 0 Å². The first-order valence-electron chi connectivity index (χ1n) is 6.18. The van der Waals surface area contributed by atoms with Gasteiger partial charge in [0, 0.05) is 32.2 Å². The van der Waals surface area contributed by atoms with Crippen molar-refractivity contribution < 1.29 is 9.90 Å². The van der Waals surface area contributed by atoms with E-state index in [0.29, 0.717) is 18.3 Å². The Hall–Kier alpha value is -0.610. The lowest BCUT2D eigenvalue weighted by Gasteiger charge is -2.32. The Morgan fingerprint density at radius 1 is 1.44 bits per heavy atom. The van der Waals surface area contributed by atoms with Crippen molar-refractivity contribution in [1.82, 2.24) is 4.90 Å². The Bertz CT molecular complexity index is 223. The molecule has 1 heterocycles. The lowest BCUT2D eigenvalue weighted by atomic mass is 9.96. The highest BCUT2D eigenvalue weighted by atomic mass is 16.3. The molecular formula is C12H24N2O2. The third kappa shape index (κ3) is 3.76. The van der Waals surface area contributed by atoms with Gasteiger partial charge in [-0.05, 0) is 24.7 Å². The fraction of sp³-hybridized carbons (Fsp3) is 0.917. The maximum atomic E-state index is 11.9. The molecule has 94 valence electrons. The number of hydrogen-bond donors (Lipinski definition) is 2. The monoisotopic (exact) mass is 228 g/mol. The summed E-state index contributed by atoms with van der Waals surface area (Å²) in [5, 5.41) is 9.01. The molecule has 0 aromatic rings. The minimum atomic E-state index is -0.0388. The van der Waals surface area contributed by atoms with Crippen LogP contribution in [0.15, 0.2) is 0 Å². The van der Waals surface area contributed by atoms with Crippen LogP contribution in [0.5, 0.6) is 0 Å². The number of carbonyl (C=O) groups excluding carboxylic acids is 1. The van der Waals surface area contributed by atoms with Gasteiger partial charge in [0.2, 0.25) is 5.91 Å². The highest BCUT2D eigenvalue weighted by Gasteiger charge is 2.23. The fourth-order valence-corrected chi connectivity index (χ4v) is 1.93. The summed E-state index contributed by atoms with van der Waals surface area (Å²) in [6, 6.07) is -0.0388. The van der Waals surface area contributed by atoms with Crippen molar-refractivity contribution in [1.29, 1.82) is 0 Å². The van der Waals surface area contributed by atoms with E-state index < -0.39 is 0 Å². The SMILES string of the molecule is CC(C)C(N)CC(=O)N1CCC(CO)CC1. The van der Waals surface area contributed by atoms with Gasteiger partial charge in [-0.15, -0.1) is 0 Å². The van der Waals surface area contributed by atoms with Crippen LogP contribution in [0, 0.1) is 11.8 Å². The number of nitrogens with zero attached hydrogens (tertiary/aromatic N) is 1. The number of piperidine rings is 1. The quantitative estimate of drug-likeness (QED) is 0.740. The third-order valence-electron chi connectivity index (χ3n) is 3.49. The zero-order valence-corrected chi connectivity index (χ0v) is 10.4. The van der Waals surface area contributed by atoms with E-state index >= 15 is 0 Å². The zero-order chi connectivity index (χ0) is 12.1. The predicted octanol–water partition coefficient (Wildman–Crippen LogP) is 0.591. The van der Waals surface area contributed by atoms with E-state index in [0.717, 1.165) is 25.9 Å². The second-order valence-electron chi connectivity index (χ2n) is 5.12. The number of nitrogens with two attached hydrogens (primary N) is 1. The molecule has 0 saturated carbocycles. The first kappa shape index (κ1) is 13.5. The molecule has 1 atom stereocenters. The number of aliphatic hydroxyl groups is 1. The van der Waals surface area contributed by atoms with Crippen LogP contribution in [0.25, 0.3) is 0 Å². The zero-order valence-electron chi connectivity index (χ0n) is 10.4. The van der Waals surface area contributed by atoms with Gasteiger partial charge >= 0.3 is 0 Å². The Balaban J connectivity index is 2.33. The van der Waals surface area contributed by atoms with Gasteiger partial charge in [0.15, 0.2) is 0 Å². The Morgan fingerprint density at radius 3 is 2.44 bits per heavy atom. The molecule has 1 amide bonds. The van der Waals surface area contributed by atoms with Gasteiger partial charge in [-0.3, -0.25) is 4.79 Å². The van der Waals surface area contributed by atoms with E-state index in [1.165, 1.54) is 0 Å². The molecule has 0 spiro atoms. The number of rotatable bonds is 4. The van der Waals surface area contributed by atoms with Crippen LogP contribution in [-0.2, 0) is 4.79 Å². The molecular weight excluding hydrogens is 204 g/mol. The normalized spacial score (nSPS) is 20.2. The number of amides is 1. The van der Waals surface area contributed by atoms with Crippen molar-refractivity contribution in [2.75, 3.05) is 19.7 Å². The first-order valence-corrected chi connectivity index (χ1v) is 6.18. The summed E-state index contributed by atoms with van der Waals surface area (Å²) >= 11 is 0. The molecule has 16 heavy (non-hydrogen) atoms. The summed E-state index contributed by atoms with van der Waals surface area (Å²) in [5.74, 6) is 0.888. The van der Waals surface area contributed by atoms with Crippen LogP contribution in [0.4, 0.5) is 0 Å². The van der Waals surface area contributed by atoms with Crippen molar-refractivity contribution in [2.45, 2.75) is 39.2 Å². The Morgan fingerprint density at radius 2 is 2.00 bits per heavy atom. The summed E-state index contributed by atoms with van der Waals surface area (Å²) in [6.45, 7) is 5.86. The fourth-order valence-electron chi connectivity index (χ4n) is 1.93. The van der Waals surface area contributed by atoms with Crippen molar-refractivity contribution in [2.24, 2.45) is 17.6 Å². The molecule has 0 bridgehead atoms. The average molecular weight is 228 g/mol. The second kappa shape index (κ2) is 6.21. The molecule has 4 nitrogen and oxygen atoms in total. The van der Waals surface area contributed by atoms with E-state index in [-0.39, 0.29) is 18.6 Å². The summed E-state index contributed by atoms with van der Waals surface area (Å²) in [5.41, 5.74) is 5.89. The highest BCUT2D eigenvalue weighted by molar-refractivity contribution is 5.76. The van der Waals surface area contributed by atoms with E-state index in [4.69, 9.17) is 10.8 Å². The summed E-state index contributed by atoms with van der Waals surface area (Å²) < 4.78 is 0. The van der Waals surface area contributed by atoms with Crippen molar-refractivity contribution >= 4 is 5.91 Å². The smallest absolute Gasteiger partial charge is 0.224 e. The van der Waals surface area contributed by atoms with Crippen molar-refractivity contribution in [3.05, 3.63) is 0 Å². The largest absolute Gasteiger partial charge is 0.396 e. The first-order chi connectivity index (χ1) is 7.54. The minimum absolute atomic E-state index is 0.0388. The maximum absolute atomic E-state index is 11.9. The lowest BCUT2D eigenvalue weighted by molar-refractivity contribution is -0.133. The molecule has 0 aromatic heterocycles. The van der Waals surface area contributed by atoms with E-state index in [1.807, 2.05) is 18.7 Å². The molecule has 4 heteroatoms. The second-order valence-corrected chi connectivity index (χ2v) is 5.12. The highest BCUT2D eigenvalue weighted by Crippen LogP contribution is 2.17. The predicted molar refractivity (Wildman–Crippen MR) is 63.8 cm³/mol. The molecule has 1 saturated heterocycles. The minimum Gasteiger partial charge on any atom is -0.396 e. The molecule has 1 rings (SSSR count). The Kier molecular flexibility index (Phi) is 5.22. The number of hydrogen-bond acceptors (Lipinski definition) is 3.